The zero-order chi connectivity index (χ0) is 14.2. The van der Waals surface area contributed by atoms with Crippen LogP contribution in [0.3, 0.4) is 0 Å². The van der Waals surface area contributed by atoms with E-state index in [1.807, 2.05) is 0 Å². The van der Waals surface area contributed by atoms with Crippen LogP contribution >= 0.6 is 23.2 Å². The molecule has 19 heavy (non-hydrogen) atoms. The maximum atomic E-state index is 11.3. The second kappa shape index (κ2) is 5.06. The normalized spacial score (nSPS) is 20.0. The lowest BCUT2D eigenvalue weighted by Crippen LogP contribution is -2.40. The van der Waals surface area contributed by atoms with Gasteiger partial charge in [0.25, 0.3) is 10.1 Å². The Morgan fingerprint density at radius 3 is 2.58 bits per heavy atom. The first-order valence-electron chi connectivity index (χ1n) is 4.88. The van der Waals surface area contributed by atoms with Crippen LogP contribution < -0.4 is 5.84 Å². The zero-order valence-electron chi connectivity index (χ0n) is 9.23. The van der Waals surface area contributed by atoms with Crippen LogP contribution in [0, 0.1) is 0 Å². The molecule has 0 saturated heterocycles. The highest BCUT2D eigenvalue weighted by molar-refractivity contribution is 7.85. The van der Waals surface area contributed by atoms with Gasteiger partial charge in [-0.05, 0) is 29.3 Å². The molecule has 102 valence electrons. The van der Waals surface area contributed by atoms with Crippen molar-refractivity contribution in [2.75, 3.05) is 0 Å². The minimum Gasteiger partial charge on any atom is -0.282 e. The quantitative estimate of drug-likeness (QED) is 0.485. The van der Waals surface area contributed by atoms with Gasteiger partial charge in [0.05, 0.1) is 0 Å². The Bertz CT molecular complexity index is 674. The average molecular weight is 323 g/mol. The standard InChI is InChI=1S/C9H8Cl2N4O3S/c10-8-13-7(15(12)9(11)14-8)5-3-1-2-4-6(5)19(16,17)18/h1-4,7H,12H2,(H,16,17,18). The van der Waals surface area contributed by atoms with Gasteiger partial charge in [0.15, 0.2) is 6.17 Å². The molecule has 0 spiro atoms. The Hall–Kier alpha value is -1.19. The summed E-state index contributed by atoms with van der Waals surface area (Å²) in [4.78, 5) is 7.19. The number of nitrogens with zero attached hydrogens (tertiary/aromatic N) is 3. The van der Waals surface area contributed by atoms with Crippen LogP contribution in [0.5, 0.6) is 0 Å². The predicted octanol–water partition coefficient (Wildman–Crippen LogP) is 1.31. The smallest absolute Gasteiger partial charge is 0.282 e. The Morgan fingerprint density at radius 2 is 1.95 bits per heavy atom. The van der Waals surface area contributed by atoms with Gasteiger partial charge in [-0.25, -0.2) is 10.8 Å². The largest absolute Gasteiger partial charge is 0.294 e. The Balaban J connectivity index is 2.58. The number of hydrazine groups is 1. The topological polar surface area (TPSA) is 108 Å². The highest BCUT2D eigenvalue weighted by Crippen LogP contribution is 2.29. The van der Waals surface area contributed by atoms with Crippen LogP contribution in [0.1, 0.15) is 11.7 Å². The Morgan fingerprint density at radius 1 is 1.32 bits per heavy atom. The molecule has 3 N–H and O–H groups in total. The fraction of sp³-hybridized carbons (Fsp3) is 0.111. The molecule has 10 heteroatoms. The van der Waals surface area contributed by atoms with Crippen molar-refractivity contribution in [3.05, 3.63) is 29.8 Å². The second-order valence-electron chi connectivity index (χ2n) is 3.57. The average Bonchev–Trinajstić information content (AvgIpc) is 2.33. The second-order valence-corrected chi connectivity index (χ2v) is 5.64. The van der Waals surface area contributed by atoms with Crippen molar-refractivity contribution in [3.63, 3.8) is 0 Å². The van der Waals surface area contributed by atoms with Gasteiger partial charge in [-0.1, -0.05) is 18.2 Å². The molecule has 0 saturated carbocycles. The first-order valence-corrected chi connectivity index (χ1v) is 7.08. The summed E-state index contributed by atoms with van der Waals surface area (Å²) in [5.74, 6) is 5.66. The fourth-order valence-corrected chi connectivity index (χ4v) is 2.68. The summed E-state index contributed by atoms with van der Waals surface area (Å²) in [6, 6.07) is 5.69. The molecule has 2 rings (SSSR count). The van der Waals surface area contributed by atoms with Gasteiger partial charge in [0.1, 0.15) is 4.90 Å². The molecule has 0 radical (unpaired) electrons. The van der Waals surface area contributed by atoms with Gasteiger partial charge >= 0.3 is 0 Å². The predicted molar refractivity (Wildman–Crippen MR) is 71.6 cm³/mol. The van der Waals surface area contributed by atoms with Crippen molar-refractivity contribution in [3.8, 4) is 0 Å². The zero-order valence-corrected chi connectivity index (χ0v) is 11.6. The van der Waals surface area contributed by atoms with E-state index in [0.717, 1.165) is 5.01 Å². The minimum atomic E-state index is -4.42. The molecule has 1 atom stereocenters. The number of nitrogens with two attached hydrogens (primary N) is 1. The molecule has 1 aliphatic rings. The van der Waals surface area contributed by atoms with E-state index in [1.165, 1.54) is 18.2 Å². The molecule has 0 aliphatic carbocycles. The van der Waals surface area contributed by atoms with Crippen LogP contribution in [0.4, 0.5) is 0 Å². The van der Waals surface area contributed by atoms with E-state index < -0.39 is 16.3 Å². The number of halogens is 2. The molecule has 1 aliphatic heterocycles. The van der Waals surface area contributed by atoms with E-state index in [4.69, 9.17) is 29.0 Å². The number of hydrogen-bond donors (Lipinski definition) is 2. The molecule has 0 aromatic heterocycles. The van der Waals surface area contributed by atoms with E-state index >= 15 is 0 Å². The van der Waals surface area contributed by atoms with Crippen molar-refractivity contribution in [1.29, 1.82) is 0 Å². The lowest BCUT2D eigenvalue weighted by molar-refractivity contribution is 0.333. The van der Waals surface area contributed by atoms with Gasteiger partial charge in [-0.2, -0.15) is 13.4 Å². The maximum absolute atomic E-state index is 11.3. The number of rotatable bonds is 2. The van der Waals surface area contributed by atoms with E-state index in [-0.39, 0.29) is 21.0 Å². The third-order valence-corrected chi connectivity index (χ3v) is 3.75. The van der Waals surface area contributed by atoms with Gasteiger partial charge in [0.2, 0.25) is 10.6 Å². The fourth-order valence-electron chi connectivity index (χ4n) is 1.57. The van der Waals surface area contributed by atoms with Gasteiger partial charge < -0.3 is 0 Å². The Labute approximate surface area is 119 Å². The van der Waals surface area contributed by atoms with Crippen LogP contribution in [0.25, 0.3) is 0 Å². The van der Waals surface area contributed by atoms with Crippen LogP contribution in [0.15, 0.2) is 39.1 Å². The number of hydrogen-bond acceptors (Lipinski definition) is 6. The van der Waals surface area contributed by atoms with Crippen molar-refractivity contribution >= 4 is 43.9 Å². The van der Waals surface area contributed by atoms with Crippen LogP contribution in [-0.2, 0) is 10.1 Å². The SMILES string of the molecule is NN1C(Cl)=NC(Cl)=NC1c1ccccc1S(=O)(=O)O. The van der Waals surface area contributed by atoms with Gasteiger partial charge in [0, 0.05) is 5.56 Å². The summed E-state index contributed by atoms with van der Waals surface area (Å²) in [6.45, 7) is 0. The highest BCUT2D eigenvalue weighted by Gasteiger charge is 2.29. The summed E-state index contributed by atoms with van der Waals surface area (Å²) in [7, 11) is -4.42. The highest BCUT2D eigenvalue weighted by atomic mass is 35.5. The van der Waals surface area contributed by atoms with Crippen molar-refractivity contribution in [1.82, 2.24) is 5.01 Å². The van der Waals surface area contributed by atoms with Crippen molar-refractivity contribution < 1.29 is 13.0 Å². The Kier molecular flexibility index (Phi) is 3.79. The minimum absolute atomic E-state index is 0.138. The van der Waals surface area contributed by atoms with Gasteiger partial charge in [-0.15, -0.1) is 0 Å². The summed E-state index contributed by atoms with van der Waals surface area (Å²) < 4.78 is 31.8. The summed E-state index contributed by atoms with van der Waals surface area (Å²) in [6.07, 6.45) is -0.990. The molecule has 1 unspecified atom stereocenters. The lowest BCUT2D eigenvalue weighted by Gasteiger charge is -2.28. The van der Waals surface area contributed by atoms with Gasteiger partial charge in [-0.3, -0.25) is 9.56 Å². The third-order valence-electron chi connectivity index (χ3n) is 2.36. The molecular formula is C9H8Cl2N4O3S. The van der Waals surface area contributed by atoms with Crippen LogP contribution in [-0.4, -0.2) is 28.6 Å². The summed E-state index contributed by atoms with van der Waals surface area (Å²) in [5.41, 5.74) is 0.138. The van der Waals surface area contributed by atoms with E-state index in [0.29, 0.717) is 0 Å². The van der Waals surface area contributed by atoms with E-state index in [1.54, 1.807) is 6.07 Å². The summed E-state index contributed by atoms with van der Waals surface area (Å²) >= 11 is 11.4. The maximum Gasteiger partial charge on any atom is 0.294 e. The molecule has 7 nitrogen and oxygen atoms in total. The molecule has 0 bridgehead atoms. The molecule has 0 amide bonds. The molecule has 1 aromatic carbocycles. The number of benzene rings is 1. The molecule has 0 fully saturated rings. The molecular weight excluding hydrogens is 315 g/mol. The van der Waals surface area contributed by atoms with Crippen molar-refractivity contribution in [2.24, 2.45) is 15.8 Å². The van der Waals surface area contributed by atoms with Crippen molar-refractivity contribution in [2.45, 2.75) is 11.1 Å². The van der Waals surface area contributed by atoms with E-state index in [9.17, 15) is 13.0 Å². The monoisotopic (exact) mass is 322 g/mol. The number of aliphatic imine (C=N–C) groups is 2. The first kappa shape index (κ1) is 14.2. The molecule has 1 heterocycles. The van der Waals surface area contributed by atoms with E-state index in [2.05, 4.69) is 9.98 Å². The summed E-state index contributed by atoms with van der Waals surface area (Å²) in [5, 5.41) is 0.634. The molecule has 1 aromatic rings. The lowest BCUT2D eigenvalue weighted by atomic mass is 10.1. The number of amidine groups is 2. The van der Waals surface area contributed by atoms with Crippen LogP contribution in [0.2, 0.25) is 0 Å². The third kappa shape index (κ3) is 2.88. The first-order chi connectivity index (χ1) is 8.80.